The highest BCUT2D eigenvalue weighted by Crippen LogP contribution is 2.34. The van der Waals surface area contributed by atoms with Crippen LogP contribution in [0.25, 0.3) is 0 Å². The number of phenols is 1. The van der Waals surface area contributed by atoms with E-state index in [4.69, 9.17) is 4.74 Å². The van der Waals surface area contributed by atoms with Gasteiger partial charge in [0.1, 0.15) is 11.3 Å². The van der Waals surface area contributed by atoms with Crippen LogP contribution in [0, 0.1) is 0 Å². The molecule has 0 unspecified atom stereocenters. The van der Waals surface area contributed by atoms with Crippen LogP contribution in [-0.4, -0.2) is 24.5 Å². The van der Waals surface area contributed by atoms with E-state index >= 15 is 0 Å². The molecule has 4 nitrogen and oxygen atoms in total. The monoisotopic (exact) mass is 223 g/mol. The average molecular weight is 223 g/mol. The molecule has 16 heavy (non-hydrogen) atoms. The summed E-state index contributed by atoms with van der Waals surface area (Å²) in [5, 5.41) is 13.0. The number of carbonyl (C=O) groups is 1. The van der Waals surface area contributed by atoms with Gasteiger partial charge in [-0.2, -0.15) is 0 Å². The van der Waals surface area contributed by atoms with Crippen LogP contribution in [0.15, 0.2) is 12.1 Å². The van der Waals surface area contributed by atoms with Gasteiger partial charge in [-0.15, -0.1) is 0 Å². The lowest BCUT2D eigenvalue weighted by atomic mass is 10.1. The lowest BCUT2D eigenvalue weighted by Crippen LogP contribution is -2.04. The van der Waals surface area contributed by atoms with Crippen molar-refractivity contribution in [1.29, 1.82) is 0 Å². The maximum Gasteiger partial charge on any atom is 0.167 e. The van der Waals surface area contributed by atoms with Crippen molar-refractivity contribution in [1.82, 2.24) is 0 Å². The Morgan fingerprint density at radius 1 is 1.50 bits per heavy atom. The van der Waals surface area contributed by atoms with Crippen LogP contribution in [0.4, 0.5) is 5.69 Å². The number of aromatic hydroxyl groups is 1. The van der Waals surface area contributed by atoms with Crippen molar-refractivity contribution >= 4 is 11.5 Å². The lowest BCUT2D eigenvalue weighted by Gasteiger charge is -2.13. The summed E-state index contributed by atoms with van der Waals surface area (Å²) in [7, 11) is 1.47. The minimum absolute atomic E-state index is 0.0414. The quantitative estimate of drug-likeness (QED) is 0.594. The Bertz CT molecular complexity index is 388. The van der Waals surface area contributed by atoms with E-state index < -0.39 is 0 Å². The molecule has 1 aromatic carbocycles. The highest BCUT2D eigenvalue weighted by Gasteiger charge is 2.16. The molecule has 0 aliphatic rings. The summed E-state index contributed by atoms with van der Waals surface area (Å²) in [5.41, 5.74) is 0.788. The first kappa shape index (κ1) is 12.4. The molecule has 0 aromatic heterocycles. The number of hydrogen-bond donors (Lipinski definition) is 2. The summed E-state index contributed by atoms with van der Waals surface area (Å²) in [4.78, 5) is 11.4. The molecule has 2 N–H and O–H groups in total. The molecule has 0 bridgehead atoms. The predicted molar refractivity (Wildman–Crippen MR) is 63.4 cm³/mol. The Kier molecular flexibility index (Phi) is 4.17. The van der Waals surface area contributed by atoms with Gasteiger partial charge in [0.2, 0.25) is 0 Å². The van der Waals surface area contributed by atoms with Gasteiger partial charge in [0.15, 0.2) is 11.5 Å². The SMILES string of the molecule is CCCNc1ccc(OC)c(C(C)=O)c1O. The van der Waals surface area contributed by atoms with Gasteiger partial charge in [0.25, 0.3) is 0 Å². The second kappa shape index (κ2) is 5.39. The molecule has 0 aliphatic heterocycles. The Morgan fingerprint density at radius 2 is 2.19 bits per heavy atom. The number of ether oxygens (including phenoxy) is 1. The van der Waals surface area contributed by atoms with E-state index in [1.54, 1.807) is 12.1 Å². The fourth-order valence-corrected chi connectivity index (χ4v) is 1.49. The number of methoxy groups -OCH3 is 1. The summed E-state index contributed by atoms with van der Waals surface area (Å²) in [5.74, 6) is 0.141. The third-order valence-electron chi connectivity index (χ3n) is 2.28. The molecule has 0 spiro atoms. The first-order chi connectivity index (χ1) is 7.61. The Balaban J connectivity index is 3.15. The fourth-order valence-electron chi connectivity index (χ4n) is 1.49. The molecule has 0 aliphatic carbocycles. The first-order valence-electron chi connectivity index (χ1n) is 5.26. The van der Waals surface area contributed by atoms with Gasteiger partial charge in [-0.25, -0.2) is 0 Å². The van der Waals surface area contributed by atoms with Crippen molar-refractivity contribution in [3.63, 3.8) is 0 Å². The smallest absolute Gasteiger partial charge is 0.167 e. The van der Waals surface area contributed by atoms with Gasteiger partial charge < -0.3 is 15.2 Å². The van der Waals surface area contributed by atoms with Gasteiger partial charge in [-0.1, -0.05) is 6.92 Å². The standard InChI is InChI=1S/C12H17NO3/c1-4-7-13-9-5-6-10(16-3)11(8(2)14)12(9)15/h5-6,13,15H,4,7H2,1-3H3. The number of nitrogens with one attached hydrogen (secondary N) is 1. The zero-order valence-corrected chi connectivity index (χ0v) is 9.83. The van der Waals surface area contributed by atoms with Crippen molar-refractivity contribution in [2.45, 2.75) is 20.3 Å². The van der Waals surface area contributed by atoms with Gasteiger partial charge in [-0.3, -0.25) is 4.79 Å². The zero-order valence-electron chi connectivity index (χ0n) is 9.83. The van der Waals surface area contributed by atoms with E-state index in [0.717, 1.165) is 13.0 Å². The third-order valence-corrected chi connectivity index (χ3v) is 2.28. The van der Waals surface area contributed by atoms with Crippen LogP contribution >= 0.6 is 0 Å². The summed E-state index contributed by atoms with van der Waals surface area (Å²) in [6.45, 7) is 4.18. The van der Waals surface area contributed by atoms with E-state index in [2.05, 4.69) is 5.32 Å². The summed E-state index contributed by atoms with van der Waals surface area (Å²) in [6, 6.07) is 3.38. The highest BCUT2D eigenvalue weighted by atomic mass is 16.5. The topological polar surface area (TPSA) is 58.6 Å². The molecule has 4 heteroatoms. The van der Waals surface area contributed by atoms with Crippen LogP contribution < -0.4 is 10.1 Å². The second-order valence-corrected chi connectivity index (χ2v) is 3.52. The number of carbonyl (C=O) groups excluding carboxylic acids is 1. The minimum Gasteiger partial charge on any atom is -0.505 e. The van der Waals surface area contributed by atoms with E-state index in [1.807, 2.05) is 6.92 Å². The van der Waals surface area contributed by atoms with Crippen molar-refractivity contribution in [3.05, 3.63) is 17.7 Å². The molecule has 0 fully saturated rings. The van der Waals surface area contributed by atoms with E-state index in [0.29, 0.717) is 11.4 Å². The van der Waals surface area contributed by atoms with E-state index in [1.165, 1.54) is 14.0 Å². The van der Waals surface area contributed by atoms with Gasteiger partial charge in [-0.05, 0) is 25.5 Å². The normalized spacial score (nSPS) is 9.94. The third kappa shape index (κ3) is 2.45. The molecule has 1 aromatic rings. The zero-order chi connectivity index (χ0) is 12.1. The maximum absolute atomic E-state index is 11.4. The lowest BCUT2D eigenvalue weighted by molar-refractivity contribution is 0.101. The maximum atomic E-state index is 11.4. The molecule has 0 amide bonds. The Hall–Kier alpha value is -1.71. The Morgan fingerprint density at radius 3 is 2.69 bits per heavy atom. The molecular formula is C12H17NO3. The summed E-state index contributed by atoms with van der Waals surface area (Å²) in [6.07, 6.45) is 0.945. The molecule has 0 saturated carbocycles. The second-order valence-electron chi connectivity index (χ2n) is 3.52. The fraction of sp³-hybridized carbons (Fsp3) is 0.417. The van der Waals surface area contributed by atoms with Crippen molar-refractivity contribution in [2.75, 3.05) is 19.0 Å². The average Bonchev–Trinajstić information content (AvgIpc) is 2.26. The molecule has 0 radical (unpaired) electrons. The largest absolute Gasteiger partial charge is 0.505 e. The molecular weight excluding hydrogens is 206 g/mol. The van der Waals surface area contributed by atoms with Gasteiger partial charge in [0, 0.05) is 6.54 Å². The summed E-state index contributed by atoms with van der Waals surface area (Å²) < 4.78 is 5.04. The van der Waals surface area contributed by atoms with Crippen molar-refractivity contribution in [2.24, 2.45) is 0 Å². The molecule has 0 saturated heterocycles. The molecule has 0 atom stereocenters. The predicted octanol–water partition coefficient (Wildman–Crippen LogP) is 2.43. The molecule has 0 heterocycles. The van der Waals surface area contributed by atoms with Crippen LogP contribution in [-0.2, 0) is 0 Å². The summed E-state index contributed by atoms with van der Waals surface area (Å²) >= 11 is 0. The molecule has 88 valence electrons. The number of ketones is 1. The number of hydrogen-bond acceptors (Lipinski definition) is 4. The molecule has 1 rings (SSSR count). The number of Topliss-reactive ketones (excluding diaryl/α,β-unsaturated/α-hetero) is 1. The van der Waals surface area contributed by atoms with Crippen molar-refractivity contribution in [3.8, 4) is 11.5 Å². The van der Waals surface area contributed by atoms with Crippen LogP contribution in [0.1, 0.15) is 30.6 Å². The number of rotatable bonds is 5. The number of anilines is 1. The van der Waals surface area contributed by atoms with E-state index in [9.17, 15) is 9.90 Å². The van der Waals surface area contributed by atoms with Crippen molar-refractivity contribution < 1.29 is 14.6 Å². The highest BCUT2D eigenvalue weighted by molar-refractivity contribution is 6.01. The van der Waals surface area contributed by atoms with E-state index in [-0.39, 0.29) is 17.1 Å². The minimum atomic E-state index is -0.213. The van der Waals surface area contributed by atoms with Crippen LogP contribution in [0.5, 0.6) is 11.5 Å². The van der Waals surface area contributed by atoms with Gasteiger partial charge in [0.05, 0.1) is 12.8 Å². The van der Waals surface area contributed by atoms with Gasteiger partial charge >= 0.3 is 0 Å². The number of phenolic OH excluding ortho intramolecular Hbond substituents is 1. The number of benzene rings is 1. The Labute approximate surface area is 95.2 Å². The first-order valence-corrected chi connectivity index (χ1v) is 5.26. The van der Waals surface area contributed by atoms with Crippen LogP contribution in [0.2, 0.25) is 0 Å². The van der Waals surface area contributed by atoms with Crippen LogP contribution in [0.3, 0.4) is 0 Å².